The average Bonchev–Trinajstić information content (AvgIpc) is 2.59. The van der Waals surface area contributed by atoms with Crippen LogP contribution in [0.4, 0.5) is 0 Å². The summed E-state index contributed by atoms with van der Waals surface area (Å²) < 4.78 is 4.73. The minimum absolute atomic E-state index is 0.348. The number of fused-ring (bicyclic) bond motifs is 1. The third kappa shape index (κ3) is 3.58. The number of hydrogen-bond donors (Lipinski definition) is 0. The van der Waals surface area contributed by atoms with Crippen molar-refractivity contribution in [2.45, 2.75) is 0 Å². The molecule has 0 aliphatic carbocycles. The van der Waals surface area contributed by atoms with Gasteiger partial charge in [-0.05, 0) is 42.0 Å². The second-order valence-corrected chi connectivity index (χ2v) is 5.46. The molecule has 0 fully saturated rings. The van der Waals surface area contributed by atoms with E-state index < -0.39 is 0 Å². The minimum atomic E-state index is -0.348. The Morgan fingerprint density at radius 3 is 2.74 bits per heavy atom. The molecule has 1 aromatic heterocycles. The van der Waals surface area contributed by atoms with Crippen LogP contribution in [0.1, 0.15) is 21.6 Å². The highest BCUT2D eigenvalue weighted by molar-refractivity contribution is 6.31. The molecule has 0 bridgehead atoms. The topological polar surface area (TPSA) is 39.2 Å². The molecule has 4 heteroatoms. The summed E-state index contributed by atoms with van der Waals surface area (Å²) in [4.78, 5) is 16.1. The van der Waals surface area contributed by atoms with E-state index in [4.69, 9.17) is 16.3 Å². The summed E-state index contributed by atoms with van der Waals surface area (Å²) in [5.41, 5.74) is 3.10. The lowest BCUT2D eigenvalue weighted by Crippen LogP contribution is -2.00. The van der Waals surface area contributed by atoms with Gasteiger partial charge in [-0.3, -0.25) is 0 Å². The zero-order chi connectivity index (χ0) is 16.2. The van der Waals surface area contributed by atoms with Gasteiger partial charge in [0.05, 0.1) is 23.9 Å². The molecule has 0 aliphatic rings. The molecule has 1 heterocycles. The number of nitrogens with zero attached hydrogens (tertiary/aromatic N) is 1. The van der Waals surface area contributed by atoms with Crippen molar-refractivity contribution in [3.8, 4) is 0 Å². The van der Waals surface area contributed by atoms with Crippen molar-refractivity contribution in [2.24, 2.45) is 0 Å². The van der Waals surface area contributed by atoms with Gasteiger partial charge in [0.25, 0.3) is 0 Å². The molecule has 3 rings (SSSR count). The highest BCUT2D eigenvalue weighted by Gasteiger charge is 2.04. The van der Waals surface area contributed by atoms with Gasteiger partial charge in [0, 0.05) is 10.4 Å². The van der Waals surface area contributed by atoms with Gasteiger partial charge in [0.2, 0.25) is 0 Å². The summed E-state index contributed by atoms with van der Waals surface area (Å²) in [6, 6.07) is 16.8. The van der Waals surface area contributed by atoms with E-state index in [2.05, 4.69) is 4.98 Å². The van der Waals surface area contributed by atoms with Crippen LogP contribution < -0.4 is 0 Å². The van der Waals surface area contributed by atoms with Crippen LogP contribution in [0, 0.1) is 0 Å². The monoisotopic (exact) mass is 323 g/mol. The molecule has 0 amide bonds. The molecule has 0 aliphatic heterocycles. The first-order chi connectivity index (χ1) is 11.2. The number of esters is 1. The molecule has 3 aromatic rings. The quantitative estimate of drug-likeness (QED) is 0.647. The summed E-state index contributed by atoms with van der Waals surface area (Å²) >= 11 is 6.00. The summed E-state index contributed by atoms with van der Waals surface area (Å²) in [6.07, 6.45) is 3.81. The highest BCUT2D eigenvalue weighted by Crippen LogP contribution is 2.19. The molecule has 0 unspecified atom stereocenters. The van der Waals surface area contributed by atoms with Crippen molar-refractivity contribution in [2.75, 3.05) is 7.11 Å². The Morgan fingerprint density at radius 2 is 1.91 bits per heavy atom. The van der Waals surface area contributed by atoms with Crippen molar-refractivity contribution in [1.82, 2.24) is 4.98 Å². The highest BCUT2D eigenvalue weighted by atomic mass is 35.5. The molecule has 3 nitrogen and oxygen atoms in total. The van der Waals surface area contributed by atoms with Gasteiger partial charge >= 0.3 is 5.97 Å². The largest absolute Gasteiger partial charge is 0.465 e. The first-order valence-corrected chi connectivity index (χ1v) is 7.46. The fourth-order valence-electron chi connectivity index (χ4n) is 2.27. The van der Waals surface area contributed by atoms with Crippen LogP contribution in [0.3, 0.4) is 0 Å². The Bertz CT molecular complexity index is 903. The van der Waals surface area contributed by atoms with Gasteiger partial charge < -0.3 is 4.74 Å². The van der Waals surface area contributed by atoms with E-state index in [1.807, 2.05) is 54.6 Å². The predicted octanol–water partition coefficient (Wildman–Crippen LogP) is 4.85. The van der Waals surface area contributed by atoms with Crippen LogP contribution in [0.15, 0.2) is 54.6 Å². The number of pyridine rings is 1. The molecule has 0 spiro atoms. The lowest BCUT2D eigenvalue weighted by atomic mass is 10.1. The summed E-state index contributed by atoms with van der Waals surface area (Å²) in [5, 5.41) is 1.70. The zero-order valence-corrected chi connectivity index (χ0v) is 13.2. The number of hydrogen-bond acceptors (Lipinski definition) is 3. The molecule has 23 heavy (non-hydrogen) atoms. The van der Waals surface area contributed by atoms with Crippen LogP contribution in [0.25, 0.3) is 23.1 Å². The fourth-order valence-corrected chi connectivity index (χ4v) is 2.43. The standard InChI is InChI=1S/C19H14ClNO2/c1-23-19(22)15-4-2-3-13(11-15)5-9-17-10-7-14-6-8-16(20)12-18(14)21-17/h2-12H,1H3. The SMILES string of the molecule is COC(=O)c1cccc(C=Cc2ccc3ccc(Cl)cc3n2)c1. The second kappa shape index (κ2) is 6.63. The minimum Gasteiger partial charge on any atom is -0.465 e. The van der Waals surface area contributed by atoms with Crippen LogP contribution in [-0.2, 0) is 4.74 Å². The summed E-state index contributed by atoms with van der Waals surface area (Å²) in [7, 11) is 1.37. The van der Waals surface area contributed by atoms with E-state index in [9.17, 15) is 4.79 Å². The molecule has 0 radical (unpaired) electrons. The Balaban J connectivity index is 1.89. The Morgan fingerprint density at radius 1 is 1.09 bits per heavy atom. The van der Waals surface area contributed by atoms with Crippen molar-refractivity contribution < 1.29 is 9.53 Å². The van der Waals surface area contributed by atoms with Gasteiger partial charge in [0.1, 0.15) is 0 Å². The number of methoxy groups -OCH3 is 1. The second-order valence-electron chi connectivity index (χ2n) is 5.02. The first-order valence-electron chi connectivity index (χ1n) is 7.08. The smallest absolute Gasteiger partial charge is 0.337 e. The normalized spacial score (nSPS) is 11.0. The van der Waals surface area contributed by atoms with Crippen LogP contribution in [0.5, 0.6) is 0 Å². The number of rotatable bonds is 3. The first kappa shape index (κ1) is 15.3. The van der Waals surface area contributed by atoms with E-state index in [0.29, 0.717) is 10.6 Å². The third-order valence-electron chi connectivity index (χ3n) is 3.43. The maximum atomic E-state index is 11.5. The van der Waals surface area contributed by atoms with Crippen molar-refractivity contribution in [3.63, 3.8) is 0 Å². The maximum absolute atomic E-state index is 11.5. The van der Waals surface area contributed by atoms with Crippen molar-refractivity contribution in [1.29, 1.82) is 0 Å². The van der Waals surface area contributed by atoms with E-state index in [0.717, 1.165) is 22.2 Å². The van der Waals surface area contributed by atoms with Crippen LogP contribution in [-0.4, -0.2) is 18.1 Å². The van der Waals surface area contributed by atoms with Crippen molar-refractivity contribution >= 4 is 40.6 Å². The number of carbonyl (C=O) groups is 1. The number of ether oxygens (including phenoxy) is 1. The maximum Gasteiger partial charge on any atom is 0.337 e. The number of benzene rings is 2. The molecule has 0 atom stereocenters. The third-order valence-corrected chi connectivity index (χ3v) is 3.67. The van der Waals surface area contributed by atoms with E-state index in [1.54, 1.807) is 12.1 Å². The summed E-state index contributed by atoms with van der Waals surface area (Å²) in [5.74, 6) is -0.348. The van der Waals surface area contributed by atoms with Crippen LogP contribution in [0.2, 0.25) is 5.02 Å². The van der Waals surface area contributed by atoms with E-state index in [-0.39, 0.29) is 5.97 Å². The average molecular weight is 324 g/mol. The molecule has 114 valence electrons. The molecule has 2 aromatic carbocycles. The molecule has 0 N–H and O–H groups in total. The number of halogens is 1. The number of aromatic nitrogens is 1. The van der Waals surface area contributed by atoms with Gasteiger partial charge in [-0.2, -0.15) is 0 Å². The lowest BCUT2D eigenvalue weighted by molar-refractivity contribution is 0.0600. The molecule has 0 saturated heterocycles. The Hall–Kier alpha value is -2.65. The van der Waals surface area contributed by atoms with Gasteiger partial charge in [-0.1, -0.05) is 41.9 Å². The summed E-state index contributed by atoms with van der Waals surface area (Å²) in [6.45, 7) is 0. The zero-order valence-electron chi connectivity index (χ0n) is 12.5. The predicted molar refractivity (Wildman–Crippen MR) is 93.5 cm³/mol. The van der Waals surface area contributed by atoms with Crippen LogP contribution >= 0.6 is 11.6 Å². The van der Waals surface area contributed by atoms with Gasteiger partial charge in [-0.15, -0.1) is 0 Å². The molecular weight excluding hydrogens is 310 g/mol. The fraction of sp³-hybridized carbons (Fsp3) is 0.0526. The van der Waals surface area contributed by atoms with Gasteiger partial charge in [-0.25, -0.2) is 9.78 Å². The molecular formula is C19H14ClNO2. The number of carbonyl (C=O) groups excluding carboxylic acids is 1. The lowest BCUT2D eigenvalue weighted by Gasteiger charge is -2.01. The van der Waals surface area contributed by atoms with Crippen molar-refractivity contribution in [3.05, 3.63) is 76.4 Å². The van der Waals surface area contributed by atoms with Gasteiger partial charge in [0.15, 0.2) is 0 Å². The Labute approximate surface area is 139 Å². The van der Waals surface area contributed by atoms with E-state index in [1.165, 1.54) is 7.11 Å². The van der Waals surface area contributed by atoms with E-state index >= 15 is 0 Å². The molecule has 0 saturated carbocycles. The Kier molecular flexibility index (Phi) is 4.40.